The van der Waals surface area contributed by atoms with Gasteiger partial charge >= 0.3 is 0 Å². The maximum absolute atomic E-state index is 12.7. The summed E-state index contributed by atoms with van der Waals surface area (Å²) in [7, 11) is 6.10. The van der Waals surface area contributed by atoms with Crippen molar-refractivity contribution < 1.29 is 28.5 Å². The average Bonchev–Trinajstić information content (AvgIpc) is 2.67. The number of carbonyl (C=O) groups excluding carboxylic acids is 1. The van der Waals surface area contributed by atoms with E-state index < -0.39 is 0 Å². The van der Waals surface area contributed by atoms with Gasteiger partial charge in [0.05, 0.1) is 27.0 Å². The lowest BCUT2D eigenvalue weighted by Crippen LogP contribution is -2.15. The van der Waals surface area contributed by atoms with Crippen molar-refractivity contribution >= 4 is 11.6 Å². The Balaban J connectivity index is 2.36. The third-order valence-corrected chi connectivity index (χ3v) is 3.76. The van der Waals surface area contributed by atoms with Crippen LogP contribution in [0.25, 0.3) is 0 Å². The molecule has 0 aliphatic carbocycles. The molecule has 0 unspecified atom stereocenters. The maximum Gasteiger partial charge on any atom is 0.255 e. The van der Waals surface area contributed by atoms with Crippen molar-refractivity contribution in [1.29, 1.82) is 0 Å². The Morgan fingerprint density at radius 1 is 0.923 bits per heavy atom. The Morgan fingerprint density at radius 3 is 2.19 bits per heavy atom. The molecular formula is C19H23NO6. The molecule has 2 aromatic rings. The van der Waals surface area contributed by atoms with Crippen LogP contribution < -0.4 is 24.3 Å². The Kier molecular flexibility index (Phi) is 6.68. The van der Waals surface area contributed by atoms with Gasteiger partial charge in [-0.2, -0.15) is 0 Å². The summed E-state index contributed by atoms with van der Waals surface area (Å²) in [4.78, 5) is 12.7. The SMILES string of the molecule is COCOc1c(OC)ccc(C)c1NC(=O)c1ccc(OC)c(OC)c1. The van der Waals surface area contributed by atoms with Gasteiger partial charge in [-0.15, -0.1) is 0 Å². The van der Waals surface area contributed by atoms with Crippen molar-refractivity contribution in [3.63, 3.8) is 0 Å². The molecule has 0 bridgehead atoms. The zero-order valence-corrected chi connectivity index (χ0v) is 15.5. The molecular weight excluding hydrogens is 338 g/mol. The van der Waals surface area contributed by atoms with E-state index >= 15 is 0 Å². The fourth-order valence-electron chi connectivity index (χ4n) is 2.40. The first-order chi connectivity index (χ1) is 12.5. The Labute approximate surface area is 152 Å². The fraction of sp³-hybridized carbons (Fsp3) is 0.316. The summed E-state index contributed by atoms with van der Waals surface area (Å²) < 4.78 is 26.3. The van der Waals surface area contributed by atoms with Gasteiger partial charge in [0, 0.05) is 12.7 Å². The number of hydrogen-bond acceptors (Lipinski definition) is 6. The van der Waals surface area contributed by atoms with E-state index in [9.17, 15) is 4.79 Å². The topological polar surface area (TPSA) is 75.2 Å². The first-order valence-electron chi connectivity index (χ1n) is 7.88. The van der Waals surface area contributed by atoms with Crippen LogP contribution in [0.5, 0.6) is 23.0 Å². The van der Waals surface area contributed by atoms with Gasteiger partial charge in [0.2, 0.25) is 0 Å². The lowest BCUT2D eigenvalue weighted by Gasteiger charge is -2.17. The smallest absolute Gasteiger partial charge is 0.255 e. The third-order valence-electron chi connectivity index (χ3n) is 3.76. The van der Waals surface area contributed by atoms with Gasteiger partial charge in [0.1, 0.15) is 0 Å². The van der Waals surface area contributed by atoms with E-state index in [-0.39, 0.29) is 12.7 Å². The molecule has 0 saturated carbocycles. The molecule has 0 radical (unpaired) electrons. The number of anilines is 1. The molecule has 7 nitrogen and oxygen atoms in total. The van der Waals surface area contributed by atoms with E-state index in [1.54, 1.807) is 24.3 Å². The molecule has 0 aliphatic heterocycles. The van der Waals surface area contributed by atoms with Crippen molar-refractivity contribution in [2.24, 2.45) is 0 Å². The van der Waals surface area contributed by atoms with Gasteiger partial charge in [0.25, 0.3) is 5.91 Å². The lowest BCUT2D eigenvalue weighted by molar-refractivity contribution is 0.0496. The molecule has 0 aliphatic rings. The number of nitrogens with one attached hydrogen (secondary N) is 1. The van der Waals surface area contributed by atoms with Crippen LogP contribution in [0.15, 0.2) is 30.3 Å². The number of rotatable bonds is 8. The van der Waals surface area contributed by atoms with Crippen molar-refractivity contribution in [3.8, 4) is 23.0 Å². The van der Waals surface area contributed by atoms with Crippen LogP contribution in [0.2, 0.25) is 0 Å². The highest BCUT2D eigenvalue weighted by Gasteiger charge is 2.18. The molecule has 2 rings (SSSR count). The van der Waals surface area contributed by atoms with Gasteiger partial charge in [0.15, 0.2) is 29.8 Å². The Hall–Kier alpha value is -2.93. The molecule has 0 saturated heterocycles. The van der Waals surface area contributed by atoms with Crippen LogP contribution in [0.1, 0.15) is 15.9 Å². The van der Waals surface area contributed by atoms with E-state index in [0.717, 1.165) is 5.56 Å². The second-order valence-corrected chi connectivity index (χ2v) is 5.36. The first-order valence-corrected chi connectivity index (χ1v) is 7.88. The third kappa shape index (κ3) is 4.18. The summed E-state index contributed by atoms with van der Waals surface area (Å²) in [6.07, 6.45) is 0. The standard InChI is InChI=1S/C19H23NO6/c1-12-6-8-15(24-4)18(26-11-22-2)17(12)20-19(21)13-7-9-14(23-3)16(10-13)25-5/h6-10H,11H2,1-5H3,(H,20,21). The molecule has 26 heavy (non-hydrogen) atoms. The van der Waals surface area contributed by atoms with Crippen LogP contribution in [-0.2, 0) is 4.74 Å². The van der Waals surface area contributed by atoms with Crippen LogP contribution in [0.3, 0.4) is 0 Å². The van der Waals surface area contributed by atoms with Crippen LogP contribution in [0.4, 0.5) is 5.69 Å². The summed E-state index contributed by atoms with van der Waals surface area (Å²) in [5.41, 5.74) is 1.76. The highest BCUT2D eigenvalue weighted by molar-refractivity contribution is 6.06. The molecule has 2 aromatic carbocycles. The summed E-state index contributed by atoms with van der Waals surface area (Å²) in [6, 6.07) is 8.55. The van der Waals surface area contributed by atoms with Crippen molar-refractivity contribution in [2.45, 2.75) is 6.92 Å². The van der Waals surface area contributed by atoms with E-state index in [0.29, 0.717) is 34.2 Å². The van der Waals surface area contributed by atoms with Gasteiger partial charge in [-0.05, 0) is 36.8 Å². The van der Waals surface area contributed by atoms with Gasteiger partial charge in [-0.3, -0.25) is 4.79 Å². The van der Waals surface area contributed by atoms with E-state index in [1.165, 1.54) is 28.4 Å². The first kappa shape index (κ1) is 19.4. The van der Waals surface area contributed by atoms with E-state index in [4.69, 9.17) is 23.7 Å². The largest absolute Gasteiger partial charge is 0.493 e. The summed E-state index contributed by atoms with van der Waals surface area (Å²) >= 11 is 0. The fourth-order valence-corrected chi connectivity index (χ4v) is 2.40. The van der Waals surface area contributed by atoms with Crippen molar-refractivity contribution in [3.05, 3.63) is 41.5 Å². The molecule has 1 amide bonds. The Morgan fingerprint density at radius 2 is 1.58 bits per heavy atom. The second kappa shape index (κ2) is 8.96. The summed E-state index contributed by atoms with van der Waals surface area (Å²) in [6.45, 7) is 1.89. The maximum atomic E-state index is 12.7. The molecule has 7 heteroatoms. The highest BCUT2D eigenvalue weighted by Crippen LogP contribution is 2.38. The van der Waals surface area contributed by atoms with Crippen molar-refractivity contribution in [2.75, 3.05) is 40.5 Å². The lowest BCUT2D eigenvalue weighted by atomic mass is 10.1. The monoisotopic (exact) mass is 361 g/mol. The number of carbonyl (C=O) groups is 1. The van der Waals surface area contributed by atoms with E-state index in [1.807, 2.05) is 13.0 Å². The number of aryl methyl sites for hydroxylation is 1. The molecule has 0 aromatic heterocycles. The van der Waals surface area contributed by atoms with Crippen molar-refractivity contribution in [1.82, 2.24) is 0 Å². The van der Waals surface area contributed by atoms with Gasteiger partial charge in [-0.1, -0.05) is 6.07 Å². The zero-order chi connectivity index (χ0) is 19.1. The number of ether oxygens (including phenoxy) is 5. The molecule has 0 heterocycles. The molecule has 0 fully saturated rings. The predicted molar refractivity (Wildman–Crippen MR) is 97.7 cm³/mol. The van der Waals surface area contributed by atoms with Gasteiger partial charge in [-0.25, -0.2) is 0 Å². The predicted octanol–water partition coefficient (Wildman–Crippen LogP) is 3.26. The normalized spacial score (nSPS) is 10.2. The van der Waals surface area contributed by atoms with Gasteiger partial charge < -0.3 is 29.0 Å². The molecule has 140 valence electrons. The number of hydrogen-bond donors (Lipinski definition) is 1. The highest BCUT2D eigenvalue weighted by atomic mass is 16.7. The minimum atomic E-state index is -0.315. The minimum absolute atomic E-state index is 0.0268. The quantitative estimate of drug-likeness (QED) is 0.728. The van der Waals surface area contributed by atoms with Crippen LogP contribution in [-0.4, -0.2) is 41.1 Å². The second-order valence-electron chi connectivity index (χ2n) is 5.36. The van der Waals surface area contributed by atoms with Crippen LogP contribution in [0, 0.1) is 6.92 Å². The number of methoxy groups -OCH3 is 4. The summed E-state index contributed by atoms with van der Waals surface area (Å²) in [5.74, 6) is 1.60. The zero-order valence-electron chi connectivity index (χ0n) is 15.5. The summed E-state index contributed by atoms with van der Waals surface area (Å²) in [5, 5.41) is 2.87. The van der Waals surface area contributed by atoms with E-state index in [2.05, 4.69) is 5.32 Å². The Bertz CT molecular complexity index is 775. The minimum Gasteiger partial charge on any atom is -0.493 e. The number of amides is 1. The van der Waals surface area contributed by atoms with Crippen LogP contribution >= 0.6 is 0 Å². The molecule has 0 atom stereocenters. The average molecular weight is 361 g/mol. The molecule has 1 N–H and O–H groups in total. The molecule has 0 spiro atoms. The number of benzene rings is 2.